The summed E-state index contributed by atoms with van der Waals surface area (Å²) < 4.78 is 15.7. The fourth-order valence-corrected chi connectivity index (χ4v) is 3.57. The molecular formula is C21H32N2O6. The molecule has 162 valence electrons. The van der Waals surface area contributed by atoms with E-state index in [0.717, 1.165) is 10.5 Å². The predicted molar refractivity (Wildman–Crippen MR) is 107 cm³/mol. The fourth-order valence-electron chi connectivity index (χ4n) is 3.57. The van der Waals surface area contributed by atoms with Gasteiger partial charge in [0, 0.05) is 26.7 Å². The van der Waals surface area contributed by atoms with E-state index in [4.69, 9.17) is 19.9 Å². The summed E-state index contributed by atoms with van der Waals surface area (Å²) >= 11 is 0. The topological polar surface area (TPSA) is 111 Å². The highest BCUT2D eigenvalue weighted by Crippen LogP contribution is 2.31. The highest BCUT2D eigenvalue weighted by atomic mass is 16.7. The summed E-state index contributed by atoms with van der Waals surface area (Å²) in [5, 5.41) is 9.28. The number of carboxylic acid groups (broad SMARTS) is 1. The minimum absolute atomic E-state index is 0.00455. The molecular weight excluding hydrogens is 376 g/mol. The maximum atomic E-state index is 12.2. The maximum Gasteiger partial charge on any atom is 0.411 e. The van der Waals surface area contributed by atoms with Crippen molar-refractivity contribution in [3.8, 4) is 0 Å². The Bertz CT molecular complexity index is 644. The molecule has 1 heterocycles. The van der Waals surface area contributed by atoms with Crippen LogP contribution in [0.4, 0.5) is 4.79 Å². The minimum atomic E-state index is -1.12. The fraction of sp³-hybridized carbons (Fsp3) is 0.619. The van der Waals surface area contributed by atoms with Crippen LogP contribution in [0.2, 0.25) is 0 Å². The van der Waals surface area contributed by atoms with Crippen molar-refractivity contribution >= 4 is 12.1 Å². The lowest BCUT2D eigenvalue weighted by Gasteiger charge is -2.25. The second kappa shape index (κ2) is 11.1. The second-order valence-corrected chi connectivity index (χ2v) is 7.44. The summed E-state index contributed by atoms with van der Waals surface area (Å²) in [6, 6.07) is 8.66. The van der Waals surface area contributed by atoms with Crippen molar-refractivity contribution in [2.24, 2.45) is 5.73 Å². The van der Waals surface area contributed by atoms with Crippen LogP contribution in [-0.4, -0.2) is 60.7 Å². The van der Waals surface area contributed by atoms with Gasteiger partial charge in [-0.2, -0.15) is 0 Å². The van der Waals surface area contributed by atoms with Crippen molar-refractivity contribution in [2.75, 3.05) is 20.8 Å². The zero-order valence-corrected chi connectivity index (χ0v) is 17.2. The largest absolute Gasteiger partial charge is 0.480 e. The molecule has 0 aromatic heterocycles. The standard InChI is InChI=1S/C15H19NO6.C6H13N/c1-20-15(21-2)8-12(13(17)18)16(10-15)14(19)22-9-11-6-4-3-5-7-11;7-6-4-2-1-3-5-6/h3-7,12H,8-10H2,1-2H3,(H,17,18);6H,1-5,7H2/t12-;/m0./s1. The molecule has 1 saturated carbocycles. The van der Waals surface area contributed by atoms with Gasteiger partial charge in [0.25, 0.3) is 0 Å². The molecule has 29 heavy (non-hydrogen) atoms. The van der Waals surface area contributed by atoms with E-state index in [9.17, 15) is 14.7 Å². The van der Waals surface area contributed by atoms with Gasteiger partial charge in [0.05, 0.1) is 6.54 Å². The molecule has 1 aromatic carbocycles. The van der Waals surface area contributed by atoms with Crippen LogP contribution in [0.15, 0.2) is 30.3 Å². The van der Waals surface area contributed by atoms with Crippen molar-refractivity contribution in [1.29, 1.82) is 0 Å². The molecule has 8 nitrogen and oxygen atoms in total. The second-order valence-electron chi connectivity index (χ2n) is 7.44. The van der Waals surface area contributed by atoms with Gasteiger partial charge in [0.1, 0.15) is 12.6 Å². The minimum Gasteiger partial charge on any atom is -0.480 e. The van der Waals surface area contributed by atoms with Gasteiger partial charge in [-0.3, -0.25) is 4.90 Å². The summed E-state index contributed by atoms with van der Waals surface area (Å²) in [6.45, 7) is 0.0834. The Kier molecular flexibility index (Phi) is 8.88. The highest BCUT2D eigenvalue weighted by Gasteiger charge is 2.50. The lowest BCUT2D eigenvalue weighted by atomic mass is 9.97. The number of carboxylic acids is 1. The lowest BCUT2D eigenvalue weighted by Crippen LogP contribution is -2.42. The molecule has 1 saturated heterocycles. The molecule has 2 fully saturated rings. The maximum absolute atomic E-state index is 12.2. The number of nitrogens with two attached hydrogens (primary N) is 1. The van der Waals surface area contributed by atoms with Gasteiger partial charge < -0.3 is 25.1 Å². The van der Waals surface area contributed by atoms with Crippen LogP contribution in [0, 0.1) is 0 Å². The Hall–Kier alpha value is -2.16. The van der Waals surface area contributed by atoms with Crippen LogP contribution in [0.3, 0.4) is 0 Å². The van der Waals surface area contributed by atoms with Crippen molar-refractivity contribution in [2.45, 2.75) is 63.0 Å². The first-order valence-electron chi connectivity index (χ1n) is 9.97. The molecule has 1 aliphatic carbocycles. The van der Waals surface area contributed by atoms with Crippen molar-refractivity contribution in [3.63, 3.8) is 0 Å². The first-order valence-corrected chi connectivity index (χ1v) is 9.97. The van der Waals surface area contributed by atoms with E-state index in [2.05, 4.69) is 0 Å². The Balaban J connectivity index is 0.000000360. The van der Waals surface area contributed by atoms with Crippen LogP contribution in [0.25, 0.3) is 0 Å². The first-order chi connectivity index (χ1) is 13.9. The Morgan fingerprint density at radius 3 is 2.24 bits per heavy atom. The van der Waals surface area contributed by atoms with E-state index in [1.807, 2.05) is 30.3 Å². The zero-order chi connectivity index (χ0) is 21.3. The van der Waals surface area contributed by atoms with Crippen LogP contribution in [0.1, 0.15) is 44.1 Å². The summed E-state index contributed by atoms with van der Waals surface area (Å²) in [5.41, 5.74) is 6.46. The van der Waals surface area contributed by atoms with Crippen molar-refractivity contribution in [1.82, 2.24) is 4.90 Å². The van der Waals surface area contributed by atoms with Crippen LogP contribution < -0.4 is 5.73 Å². The normalized spacial score (nSPS) is 21.2. The third kappa shape index (κ3) is 6.69. The molecule has 1 aromatic rings. The van der Waals surface area contributed by atoms with Crippen LogP contribution >= 0.6 is 0 Å². The van der Waals surface area contributed by atoms with Gasteiger partial charge in [-0.25, -0.2) is 9.59 Å². The number of ether oxygens (including phenoxy) is 3. The molecule has 3 N–H and O–H groups in total. The number of rotatable bonds is 5. The molecule has 0 bridgehead atoms. The summed E-state index contributed by atoms with van der Waals surface area (Å²) in [7, 11) is 2.84. The van der Waals surface area contributed by atoms with E-state index in [1.165, 1.54) is 46.3 Å². The van der Waals surface area contributed by atoms with Gasteiger partial charge in [-0.1, -0.05) is 49.6 Å². The van der Waals surface area contributed by atoms with Gasteiger partial charge in [-0.15, -0.1) is 0 Å². The smallest absolute Gasteiger partial charge is 0.411 e. The van der Waals surface area contributed by atoms with E-state index < -0.39 is 23.9 Å². The van der Waals surface area contributed by atoms with E-state index in [0.29, 0.717) is 6.04 Å². The number of carbonyl (C=O) groups is 2. The zero-order valence-electron chi connectivity index (χ0n) is 17.2. The van der Waals surface area contributed by atoms with Gasteiger partial charge in [0.2, 0.25) is 0 Å². The third-order valence-corrected chi connectivity index (χ3v) is 5.41. The number of benzene rings is 1. The number of hydrogen-bond donors (Lipinski definition) is 2. The molecule has 1 amide bonds. The number of likely N-dealkylation sites (tertiary alicyclic amines) is 1. The number of aliphatic carboxylic acids is 1. The number of nitrogens with zero attached hydrogens (tertiary/aromatic N) is 1. The summed E-state index contributed by atoms with van der Waals surface area (Å²) in [4.78, 5) is 24.7. The molecule has 3 rings (SSSR count). The predicted octanol–water partition coefficient (Wildman–Crippen LogP) is 2.75. The third-order valence-electron chi connectivity index (χ3n) is 5.41. The summed E-state index contributed by atoms with van der Waals surface area (Å²) in [5.74, 6) is -2.23. The number of carbonyl (C=O) groups excluding carboxylic acids is 1. The Morgan fingerprint density at radius 1 is 1.14 bits per heavy atom. The number of hydrogen-bond acceptors (Lipinski definition) is 6. The van der Waals surface area contributed by atoms with E-state index in [-0.39, 0.29) is 19.6 Å². The van der Waals surface area contributed by atoms with E-state index in [1.54, 1.807) is 0 Å². The van der Waals surface area contributed by atoms with Crippen LogP contribution in [0.5, 0.6) is 0 Å². The summed E-state index contributed by atoms with van der Waals surface area (Å²) in [6.07, 6.45) is 6.01. The molecule has 0 radical (unpaired) electrons. The average molecular weight is 408 g/mol. The molecule has 0 unspecified atom stereocenters. The number of amides is 1. The highest BCUT2D eigenvalue weighted by molar-refractivity contribution is 5.81. The Labute approximate surface area is 171 Å². The number of methoxy groups -OCH3 is 2. The SMILES string of the molecule is COC1(OC)C[C@@H](C(=O)O)N(C(=O)OCc2ccccc2)C1.NC1CCCCC1. The van der Waals surface area contributed by atoms with Crippen LogP contribution in [-0.2, 0) is 25.6 Å². The Morgan fingerprint density at radius 2 is 1.76 bits per heavy atom. The van der Waals surface area contributed by atoms with Gasteiger partial charge in [-0.05, 0) is 18.4 Å². The van der Waals surface area contributed by atoms with Gasteiger partial charge >= 0.3 is 12.1 Å². The molecule has 8 heteroatoms. The molecule has 1 atom stereocenters. The van der Waals surface area contributed by atoms with E-state index >= 15 is 0 Å². The molecule has 1 aliphatic heterocycles. The molecule has 2 aliphatic rings. The van der Waals surface area contributed by atoms with Gasteiger partial charge in [0.15, 0.2) is 5.79 Å². The quantitative estimate of drug-likeness (QED) is 0.721. The molecule has 0 spiro atoms. The van der Waals surface area contributed by atoms with Crippen molar-refractivity contribution in [3.05, 3.63) is 35.9 Å². The van der Waals surface area contributed by atoms with Crippen molar-refractivity contribution < 1.29 is 28.9 Å². The average Bonchev–Trinajstić information content (AvgIpc) is 3.15. The lowest BCUT2D eigenvalue weighted by molar-refractivity contribution is -0.195. The monoisotopic (exact) mass is 408 g/mol. The first kappa shape index (κ1) is 23.1.